The normalized spacial score (nSPS) is 12.7. The molecule has 0 radical (unpaired) electrons. The number of hydrogen-bond donors (Lipinski definition) is 1. The molecule has 0 aliphatic carbocycles. The summed E-state index contributed by atoms with van der Waals surface area (Å²) in [5, 5.41) is 9.85. The summed E-state index contributed by atoms with van der Waals surface area (Å²) in [7, 11) is 0. The average Bonchev–Trinajstić information content (AvgIpc) is 2.79. The van der Waals surface area contributed by atoms with Crippen LogP contribution in [0, 0.1) is 5.82 Å². The number of rotatable bonds is 9. The maximum absolute atomic E-state index is 13.2. The number of carbonyl (C=O) groups is 1. The van der Waals surface area contributed by atoms with Gasteiger partial charge in [-0.05, 0) is 60.1 Å². The van der Waals surface area contributed by atoms with Gasteiger partial charge in [0, 0.05) is 6.54 Å². The molecular formula is C27H28FNO2. The largest absolute Gasteiger partial charge is 0.465 e. The SMILES string of the molecule is C=CC[C@@H](CCN(C(=O)O)[C@@H](C)c1ccc(-c2ccc(F)cc2)cc1)c1ccccc1. The summed E-state index contributed by atoms with van der Waals surface area (Å²) >= 11 is 0. The van der Waals surface area contributed by atoms with Gasteiger partial charge in [-0.25, -0.2) is 9.18 Å². The first-order chi connectivity index (χ1) is 15.0. The van der Waals surface area contributed by atoms with E-state index in [9.17, 15) is 14.3 Å². The van der Waals surface area contributed by atoms with Gasteiger partial charge in [0.1, 0.15) is 5.82 Å². The van der Waals surface area contributed by atoms with Crippen molar-refractivity contribution >= 4 is 6.09 Å². The molecule has 3 aromatic rings. The number of allylic oxidation sites excluding steroid dienone is 1. The third-order valence-electron chi connectivity index (χ3n) is 5.72. The van der Waals surface area contributed by atoms with Gasteiger partial charge in [-0.2, -0.15) is 0 Å². The Bertz CT molecular complexity index is 984. The van der Waals surface area contributed by atoms with E-state index in [0.717, 1.165) is 29.5 Å². The van der Waals surface area contributed by atoms with Crippen LogP contribution in [0.1, 0.15) is 42.9 Å². The minimum absolute atomic E-state index is 0.230. The van der Waals surface area contributed by atoms with Gasteiger partial charge in [0.2, 0.25) is 0 Å². The van der Waals surface area contributed by atoms with E-state index in [1.54, 1.807) is 12.1 Å². The molecule has 0 spiro atoms. The van der Waals surface area contributed by atoms with Crippen LogP contribution in [0.5, 0.6) is 0 Å². The first-order valence-corrected chi connectivity index (χ1v) is 10.5. The summed E-state index contributed by atoms with van der Waals surface area (Å²) in [5.74, 6) is -0.0371. The molecule has 0 unspecified atom stereocenters. The minimum Gasteiger partial charge on any atom is -0.465 e. The van der Waals surface area contributed by atoms with Crippen LogP contribution in [0.3, 0.4) is 0 Å². The van der Waals surface area contributed by atoms with Crippen LogP contribution in [0.4, 0.5) is 9.18 Å². The van der Waals surface area contributed by atoms with E-state index in [0.29, 0.717) is 6.54 Å². The number of benzene rings is 3. The maximum atomic E-state index is 13.2. The Kier molecular flexibility index (Phi) is 7.60. The number of amides is 1. The first-order valence-electron chi connectivity index (χ1n) is 10.5. The summed E-state index contributed by atoms with van der Waals surface area (Å²) < 4.78 is 13.2. The molecule has 0 saturated carbocycles. The lowest BCUT2D eigenvalue weighted by Crippen LogP contribution is -2.33. The second-order valence-electron chi connectivity index (χ2n) is 7.70. The Morgan fingerprint density at radius 2 is 1.55 bits per heavy atom. The molecule has 0 aliphatic rings. The summed E-state index contributed by atoms with van der Waals surface area (Å²) in [6.07, 6.45) is 2.49. The lowest BCUT2D eigenvalue weighted by molar-refractivity contribution is 0.126. The molecule has 3 rings (SSSR count). The van der Waals surface area contributed by atoms with Crippen molar-refractivity contribution in [2.75, 3.05) is 6.54 Å². The monoisotopic (exact) mass is 417 g/mol. The molecule has 2 atom stereocenters. The van der Waals surface area contributed by atoms with Crippen LogP contribution in [0.25, 0.3) is 11.1 Å². The third kappa shape index (κ3) is 5.82. The van der Waals surface area contributed by atoms with Crippen molar-refractivity contribution in [3.63, 3.8) is 0 Å². The van der Waals surface area contributed by atoms with Gasteiger partial charge in [-0.1, -0.05) is 72.8 Å². The molecule has 4 heteroatoms. The Labute approximate surface area is 183 Å². The molecule has 0 aromatic heterocycles. The van der Waals surface area contributed by atoms with Crippen LogP contribution in [-0.4, -0.2) is 22.6 Å². The molecule has 0 bridgehead atoms. The minimum atomic E-state index is -0.930. The molecule has 31 heavy (non-hydrogen) atoms. The fourth-order valence-electron chi connectivity index (χ4n) is 3.87. The highest BCUT2D eigenvalue weighted by molar-refractivity contribution is 5.66. The van der Waals surface area contributed by atoms with Crippen LogP contribution in [0.2, 0.25) is 0 Å². The highest BCUT2D eigenvalue weighted by Gasteiger charge is 2.22. The van der Waals surface area contributed by atoms with E-state index in [-0.39, 0.29) is 17.8 Å². The Morgan fingerprint density at radius 1 is 0.968 bits per heavy atom. The van der Waals surface area contributed by atoms with Gasteiger partial charge in [0.25, 0.3) is 0 Å². The highest BCUT2D eigenvalue weighted by atomic mass is 19.1. The molecule has 1 N–H and O–H groups in total. The third-order valence-corrected chi connectivity index (χ3v) is 5.72. The zero-order valence-corrected chi connectivity index (χ0v) is 17.7. The van der Waals surface area contributed by atoms with E-state index in [2.05, 4.69) is 18.7 Å². The van der Waals surface area contributed by atoms with Crippen LogP contribution in [0.15, 0.2) is 91.5 Å². The van der Waals surface area contributed by atoms with Gasteiger partial charge in [-0.15, -0.1) is 6.58 Å². The Morgan fingerprint density at radius 3 is 2.10 bits per heavy atom. The topological polar surface area (TPSA) is 40.5 Å². The second-order valence-corrected chi connectivity index (χ2v) is 7.70. The predicted molar refractivity (Wildman–Crippen MR) is 124 cm³/mol. The van der Waals surface area contributed by atoms with E-state index in [1.807, 2.05) is 55.5 Å². The fraction of sp³-hybridized carbons (Fsp3) is 0.222. The lowest BCUT2D eigenvalue weighted by Gasteiger charge is -2.29. The number of hydrogen-bond acceptors (Lipinski definition) is 1. The lowest BCUT2D eigenvalue weighted by atomic mass is 9.92. The smallest absolute Gasteiger partial charge is 0.407 e. The molecule has 3 nitrogen and oxygen atoms in total. The quantitative estimate of drug-likeness (QED) is 0.372. The zero-order valence-electron chi connectivity index (χ0n) is 17.7. The molecule has 160 valence electrons. The molecule has 0 fully saturated rings. The van der Waals surface area contributed by atoms with Gasteiger partial charge >= 0.3 is 6.09 Å². The van der Waals surface area contributed by atoms with Gasteiger partial charge in [0.15, 0.2) is 0 Å². The summed E-state index contributed by atoms with van der Waals surface area (Å²) in [6.45, 7) is 6.20. The first kappa shape index (κ1) is 22.3. The fourth-order valence-corrected chi connectivity index (χ4v) is 3.87. The molecule has 1 amide bonds. The molecule has 3 aromatic carbocycles. The number of halogens is 1. The zero-order chi connectivity index (χ0) is 22.2. The molecule has 0 aliphatic heterocycles. The summed E-state index contributed by atoms with van der Waals surface area (Å²) in [4.78, 5) is 13.5. The predicted octanol–water partition coefficient (Wildman–Crippen LogP) is 7.28. The van der Waals surface area contributed by atoms with Crippen molar-refractivity contribution in [2.24, 2.45) is 0 Å². The van der Waals surface area contributed by atoms with E-state index >= 15 is 0 Å². The van der Waals surface area contributed by atoms with E-state index in [1.165, 1.54) is 22.6 Å². The molecular weight excluding hydrogens is 389 g/mol. The summed E-state index contributed by atoms with van der Waals surface area (Å²) in [5.41, 5.74) is 4.01. The second kappa shape index (κ2) is 10.6. The van der Waals surface area contributed by atoms with Crippen LogP contribution >= 0.6 is 0 Å². The van der Waals surface area contributed by atoms with E-state index < -0.39 is 6.09 Å². The number of carboxylic acid groups (broad SMARTS) is 1. The maximum Gasteiger partial charge on any atom is 0.407 e. The van der Waals surface area contributed by atoms with Crippen molar-refractivity contribution in [1.29, 1.82) is 0 Å². The van der Waals surface area contributed by atoms with Crippen molar-refractivity contribution in [3.05, 3.63) is 108 Å². The summed E-state index contributed by atoms with van der Waals surface area (Å²) in [6, 6.07) is 24.0. The van der Waals surface area contributed by atoms with Crippen LogP contribution in [-0.2, 0) is 0 Å². The molecule has 0 heterocycles. The highest BCUT2D eigenvalue weighted by Crippen LogP contribution is 2.28. The van der Waals surface area contributed by atoms with Gasteiger partial charge < -0.3 is 10.0 Å². The van der Waals surface area contributed by atoms with Gasteiger partial charge in [0.05, 0.1) is 6.04 Å². The van der Waals surface area contributed by atoms with Gasteiger partial charge in [-0.3, -0.25) is 0 Å². The van der Waals surface area contributed by atoms with E-state index in [4.69, 9.17) is 0 Å². The average molecular weight is 418 g/mol. The van der Waals surface area contributed by atoms with Crippen molar-refractivity contribution < 1.29 is 14.3 Å². The Hall–Kier alpha value is -3.40. The molecule has 0 saturated heterocycles. The van der Waals surface area contributed by atoms with Crippen molar-refractivity contribution in [3.8, 4) is 11.1 Å². The Balaban J connectivity index is 1.72. The number of nitrogens with zero attached hydrogens (tertiary/aromatic N) is 1. The van der Waals surface area contributed by atoms with Crippen molar-refractivity contribution in [2.45, 2.75) is 31.7 Å². The van der Waals surface area contributed by atoms with Crippen molar-refractivity contribution in [1.82, 2.24) is 4.90 Å². The standard InChI is InChI=1S/C27H28FNO2/c1-3-7-22(23-8-5-4-6-9-23)18-19-29(27(30)31)20(2)21-10-12-24(13-11-21)25-14-16-26(28)17-15-25/h3-6,8-17,20,22H,1,7,18-19H2,2H3,(H,30,31)/t20-,22-/m0/s1. The van der Waals surface area contributed by atoms with Crippen LogP contribution < -0.4 is 0 Å².